The molecule has 0 fully saturated rings. The third-order valence-corrected chi connectivity index (χ3v) is 3.13. The Morgan fingerprint density at radius 1 is 1.47 bits per heavy atom. The summed E-state index contributed by atoms with van der Waals surface area (Å²) < 4.78 is 13.7. The van der Waals surface area contributed by atoms with Crippen LogP contribution in [0, 0.1) is 5.82 Å². The molecule has 106 valence electrons. The molecule has 0 radical (unpaired) electrons. The molecule has 0 saturated carbocycles. The van der Waals surface area contributed by atoms with Crippen LogP contribution in [0.25, 0.3) is 0 Å². The Kier molecular flexibility index (Phi) is 5.30. The van der Waals surface area contributed by atoms with Gasteiger partial charge in [0, 0.05) is 13.6 Å². The smallest absolute Gasteiger partial charge is 0.239 e. The van der Waals surface area contributed by atoms with E-state index in [9.17, 15) is 9.18 Å². The molecule has 1 rings (SSSR count). The summed E-state index contributed by atoms with van der Waals surface area (Å²) >= 11 is 0. The minimum Gasteiger partial charge on any atom is -0.370 e. The van der Waals surface area contributed by atoms with Crippen LogP contribution in [0.15, 0.2) is 24.3 Å². The molecule has 0 aliphatic heterocycles. The second-order valence-electron chi connectivity index (χ2n) is 4.93. The largest absolute Gasteiger partial charge is 0.370 e. The van der Waals surface area contributed by atoms with Gasteiger partial charge in [0.05, 0.1) is 5.69 Å². The molecular formula is C14H22FN3O. The van der Waals surface area contributed by atoms with E-state index in [1.54, 1.807) is 37.1 Å². The van der Waals surface area contributed by atoms with Gasteiger partial charge in [-0.15, -0.1) is 0 Å². The van der Waals surface area contributed by atoms with Gasteiger partial charge in [-0.3, -0.25) is 4.79 Å². The number of anilines is 1. The number of hydrogen-bond acceptors (Lipinski definition) is 3. The highest BCUT2D eigenvalue weighted by Gasteiger charge is 2.32. The second-order valence-corrected chi connectivity index (χ2v) is 4.93. The number of nitrogens with zero attached hydrogens (tertiary/aromatic N) is 1. The Bertz CT molecular complexity index is 438. The average Bonchev–Trinajstić information content (AvgIpc) is 2.36. The lowest BCUT2D eigenvalue weighted by molar-refractivity contribution is -0.123. The number of amides is 1. The SMILES string of the molecule is CCCNC(C)(CN(C)c1ccccc1F)C(N)=O. The Labute approximate surface area is 113 Å². The maximum atomic E-state index is 13.7. The molecule has 0 saturated heterocycles. The van der Waals surface area contributed by atoms with Crippen molar-refractivity contribution in [1.82, 2.24) is 5.32 Å². The molecule has 1 atom stereocenters. The lowest BCUT2D eigenvalue weighted by Crippen LogP contribution is -2.59. The highest BCUT2D eigenvalue weighted by atomic mass is 19.1. The molecule has 0 aliphatic rings. The van der Waals surface area contributed by atoms with Crippen molar-refractivity contribution in [2.45, 2.75) is 25.8 Å². The predicted molar refractivity (Wildman–Crippen MR) is 75.6 cm³/mol. The third-order valence-electron chi connectivity index (χ3n) is 3.13. The summed E-state index contributed by atoms with van der Waals surface area (Å²) in [6.07, 6.45) is 0.895. The summed E-state index contributed by atoms with van der Waals surface area (Å²) in [4.78, 5) is 13.3. The second kappa shape index (κ2) is 6.52. The van der Waals surface area contributed by atoms with Crippen LogP contribution in [0.5, 0.6) is 0 Å². The van der Waals surface area contributed by atoms with Crippen molar-refractivity contribution in [3.8, 4) is 0 Å². The molecule has 0 spiro atoms. The number of likely N-dealkylation sites (N-methyl/N-ethyl adjacent to an activating group) is 1. The van der Waals surface area contributed by atoms with Crippen LogP contribution in [0.4, 0.5) is 10.1 Å². The topological polar surface area (TPSA) is 58.4 Å². The molecule has 1 aromatic carbocycles. The van der Waals surface area contributed by atoms with Crippen LogP contribution in [-0.2, 0) is 4.79 Å². The lowest BCUT2D eigenvalue weighted by Gasteiger charge is -2.33. The van der Waals surface area contributed by atoms with E-state index in [1.807, 2.05) is 6.92 Å². The van der Waals surface area contributed by atoms with Crippen molar-refractivity contribution in [2.24, 2.45) is 5.73 Å². The van der Waals surface area contributed by atoms with Crippen LogP contribution in [0.2, 0.25) is 0 Å². The fourth-order valence-electron chi connectivity index (χ4n) is 1.94. The minimum atomic E-state index is -0.882. The summed E-state index contributed by atoms with van der Waals surface area (Å²) in [5.41, 5.74) is 5.02. The number of para-hydroxylation sites is 1. The summed E-state index contributed by atoms with van der Waals surface area (Å²) in [5.74, 6) is -0.753. The first-order valence-corrected chi connectivity index (χ1v) is 6.41. The van der Waals surface area contributed by atoms with E-state index in [0.717, 1.165) is 6.42 Å². The Balaban J connectivity index is 2.85. The number of nitrogens with two attached hydrogens (primary N) is 1. The van der Waals surface area contributed by atoms with E-state index >= 15 is 0 Å². The molecule has 1 amide bonds. The molecule has 3 N–H and O–H groups in total. The summed E-state index contributed by atoms with van der Waals surface area (Å²) in [5, 5.41) is 3.13. The standard InChI is InChI=1S/C14H22FN3O/c1-4-9-17-14(2,13(16)19)10-18(3)12-8-6-5-7-11(12)15/h5-8,17H,4,9-10H2,1-3H3,(H2,16,19). The van der Waals surface area contributed by atoms with Crippen molar-refractivity contribution < 1.29 is 9.18 Å². The Morgan fingerprint density at radius 3 is 2.63 bits per heavy atom. The normalized spacial score (nSPS) is 13.9. The minimum absolute atomic E-state index is 0.309. The molecule has 19 heavy (non-hydrogen) atoms. The quantitative estimate of drug-likeness (QED) is 0.787. The number of benzene rings is 1. The van der Waals surface area contributed by atoms with Gasteiger partial charge in [-0.2, -0.15) is 0 Å². The van der Waals surface area contributed by atoms with E-state index < -0.39 is 11.4 Å². The lowest BCUT2D eigenvalue weighted by atomic mass is 10.00. The number of primary amides is 1. The molecule has 0 aromatic heterocycles. The van der Waals surface area contributed by atoms with Gasteiger partial charge < -0.3 is 16.0 Å². The van der Waals surface area contributed by atoms with Crippen LogP contribution in [0.3, 0.4) is 0 Å². The zero-order valence-corrected chi connectivity index (χ0v) is 11.7. The molecular weight excluding hydrogens is 245 g/mol. The maximum absolute atomic E-state index is 13.7. The number of carbonyl (C=O) groups is 1. The molecule has 4 nitrogen and oxygen atoms in total. The highest BCUT2D eigenvalue weighted by molar-refractivity contribution is 5.85. The number of halogens is 1. The fraction of sp³-hybridized carbons (Fsp3) is 0.500. The summed E-state index contributed by atoms with van der Waals surface area (Å²) in [6, 6.07) is 6.47. The van der Waals surface area contributed by atoms with Crippen LogP contribution in [-0.4, -0.2) is 31.6 Å². The monoisotopic (exact) mass is 267 g/mol. The number of carbonyl (C=O) groups excluding carboxylic acids is 1. The number of rotatable bonds is 7. The van der Waals surface area contributed by atoms with Crippen LogP contribution >= 0.6 is 0 Å². The third kappa shape index (κ3) is 3.92. The highest BCUT2D eigenvalue weighted by Crippen LogP contribution is 2.19. The number of nitrogens with one attached hydrogen (secondary N) is 1. The number of hydrogen-bond donors (Lipinski definition) is 2. The van der Waals surface area contributed by atoms with Crippen molar-refractivity contribution in [2.75, 3.05) is 25.0 Å². The molecule has 0 heterocycles. The van der Waals surface area contributed by atoms with Gasteiger partial charge >= 0.3 is 0 Å². The Morgan fingerprint density at radius 2 is 2.11 bits per heavy atom. The van der Waals surface area contributed by atoms with Gasteiger partial charge in [-0.05, 0) is 32.0 Å². The fourth-order valence-corrected chi connectivity index (χ4v) is 1.94. The van der Waals surface area contributed by atoms with E-state index in [0.29, 0.717) is 18.8 Å². The van der Waals surface area contributed by atoms with Crippen molar-refractivity contribution in [3.05, 3.63) is 30.1 Å². The van der Waals surface area contributed by atoms with Gasteiger partial charge in [0.15, 0.2) is 0 Å². The maximum Gasteiger partial charge on any atom is 0.239 e. The van der Waals surface area contributed by atoms with E-state index in [1.165, 1.54) is 6.07 Å². The first kappa shape index (κ1) is 15.4. The molecule has 1 aromatic rings. The first-order valence-electron chi connectivity index (χ1n) is 6.41. The van der Waals surface area contributed by atoms with E-state index in [-0.39, 0.29) is 5.82 Å². The van der Waals surface area contributed by atoms with E-state index in [4.69, 9.17) is 5.73 Å². The Hall–Kier alpha value is -1.62. The molecule has 0 aliphatic carbocycles. The average molecular weight is 267 g/mol. The van der Waals surface area contributed by atoms with Gasteiger partial charge in [-0.25, -0.2) is 4.39 Å². The summed E-state index contributed by atoms with van der Waals surface area (Å²) in [6.45, 7) is 4.74. The molecule has 1 unspecified atom stereocenters. The van der Waals surface area contributed by atoms with Crippen molar-refractivity contribution in [3.63, 3.8) is 0 Å². The first-order chi connectivity index (χ1) is 8.90. The van der Waals surface area contributed by atoms with Crippen molar-refractivity contribution in [1.29, 1.82) is 0 Å². The molecule has 5 heteroatoms. The van der Waals surface area contributed by atoms with E-state index in [2.05, 4.69) is 5.32 Å². The van der Waals surface area contributed by atoms with Gasteiger partial charge in [0.2, 0.25) is 5.91 Å². The zero-order chi connectivity index (χ0) is 14.5. The zero-order valence-electron chi connectivity index (χ0n) is 11.7. The van der Waals surface area contributed by atoms with Crippen molar-refractivity contribution >= 4 is 11.6 Å². The van der Waals surface area contributed by atoms with Gasteiger partial charge in [0.1, 0.15) is 11.4 Å². The van der Waals surface area contributed by atoms with Crippen LogP contribution in [0.1, 0.15) is 20.3 Å². The van der Waals surface area contributed by atoms with Gasteiger partial charge in [0.25, 0.3) is 0 Å². The van der Waals surface area contributed by atoms with Crippen LogP contribution < -0.4 is 16.0 Å². The predicted octanol–water partition coefficient (Wildman–Crippen LogP) is 1.51. The van der Waals surface area contributed by atoms with Gasteiger partial charge in [-0.1, -0.05) is 19.1 Å². The summed E-state index contributed by atoms with van der Waals surface area (Å²) in [7, 11) is 1.74. The molecule has 0 bridgehead atoms.